The third-order valence-corrected chi connectivity index (χ3v) is 2.46. The van der Waals surface area contributed by atoms with E-state index >= 15 is 0 Å². The van der Waals surface area contributed by atoms with Gasteiger partial charge < -0.3 is 0 Å². The Morgan fingerprint density at radius 2 is 1.55 bits per heavy atom. The first kappa shape index (κ1) is 11.2. The lowest BCUT2D eigenvalue weighted by Gasteiger charge is -2.03. The Kier molecular flexibility index (Phi) is 8.48. The molecule has 0 nitrogen and oxygen atoms in total. The van der Waals surface area contributed by atoms with E-state index in [-0.39, 0.29) is 0 Å². The van der Waals surface area contributed by atoms with Gasteiger partial charge in [-0.1, -0.05) is 64.3 Å². The topological polar surface area (TPSA) is 0 Å². The Bertz CT molecular complexity index is 69.3. The van der Waals surface area contributed by atoms with Crippen LogP contribution in [0, 0.1) is 0 Å². The van der Waals surface area contributed by atoms with Crippen LogP contribution < -0.4 is 0 Å². The van der Waals surface area contributed by atoms with Gasteiger partial charge in [0.25, 0.3) is 0 Å². The van der Waals surface area contributed by atoms with Crippen LogP contribution in [0.1, 0.15) is 58.8 Å². The van der Waals surface area contributed by atoms with Crippen molar-refractivity contribution in [3.8, 4) is 0 Å². The standard InChI is InChI=1S/C10H23Si/c1-3-4-5-6-7-8-9-10(2)11/h10H,3-9,11H2,1-2H3. The maximum atomic E-state index is 2.32. The van der Waals surface area contributed by atoms with Crippen molar-refractivity contribution in [2.45, 2.75) is 64.3 Å². The maximum Gasteiger partial charge on any atom is 0.0118 e. The van der Waals surface area contributed by atoms with Gasteiger partial charge in [-0.2, -0.15) is 0 Å². The molecule has 1 atom stereocenters. The molecule has 0 amide bonds. The SMILES string of the molecule is CCCCCCCCC(C)[SiH2]. The lowest BCUT2D eigenvalue weighted by atomic mass is 10.1. The average Bonchev–Trinajstić information content (AvgIpc) is 1.96. The van der Waals surface area contributed by atoms with Crippen LogP contribution in [-0.4, -0.2) is 10.2 Å². The van der Waals surface area contributed by atoms with Gasteiger partial charge in [-0.3, -0.25) is 0 Å². The van der Waals surface area contributed by atoms with Gasteiger partial charge >= 0.3 is 0 Å². The lowest BCUT2D eigenvalue weighted by Crippen LogP contribution is -1.85. The predicted octanol–water partition coefficient (Wildman–Crippen LogP) is 3.18. The second kappa shape index (κ2) is 8.31. The van der Waals surface area contributed by atoms with Crippen molar-refractivity contribution in [2.24, 2.45) is 0 Å². The van der Waals surface area contributed by atoms with Gasteiger partial charge in [-0.25, -0.2) is 0 Å². The second-order valence-corrected chi connectivity index (χ2v) is 5.06. The monoisotopic (exact) mass is 171 g/mol. The highest BCUT2D eigenvalue weighted by Gasteiger charge is 1.93. The molecule has 0 N–H and O–H groups in total. The summed E-state index contributed by atoms with van der Waals surface area (Å²) in [5.74, 6) is 0. The molecule has 0 aromatic heterocycles. The van der Waals surface area contributed by atoms with Crippen LogP contribution in [-0.2, 0) is 0 Å². The first-order valence-electron chi connectivity index (χ1n) is 5.10. The summed E-state index contributed by atoms with van der Waals surface area (Å²) in [4.78, 5) is 0. The zero-order valence-corrected chi connectivity index (χ0v) is 9.65. The van der Waals surface area contributed by atoms with Crippen molar-refractivity contribution in [1.82, 2.24) is 0 Å². The number of hydrogen-bond acceptors (Lipinski definition) is 0. The highest BCUT2D eigenvalue weighted by Crippen LogP contribution is 2.12. The molecule has 0 saturated heterocycles. The second-order valence-electron chi connectivity index (χ2n) is 3.66. The van der Waals surface area contributed by atoms with Crippen molar-refractivity contribution in [3.63, 3.8) is 0 Å². The fraction of sp³-hybridized carbons (Fsp3) is 1.00. The van der Waals surface area contributed by atoms with E-state index in [4.69, 9.17) is 0 Å². The van der Waals surface area contributed by atoms with Crippen molar-refractivity contribution < 1.29 is 0 Å². The summed E-state index contributed by atoms with van der Waals surface area (Å²) in [7, 11) is 2.13. The number of hydrogen-bond donors (Lipinski definition) is 0. The quantitative estimate of drug-likeness (QED) is 0.408. The van der Waals surface area contributed by atoms with Crippen LogP contribution in [0.4, 0.5) is 0 Å². The van der Waals surface area contributed by atoms with Crippen molar-refractivity contribution >= 4 is 10.2 Å². The van der Waals surface area contributed by atoms with E-state index in [0.29, 0.717) is 0 Å². The zero-order valence-electron chi connectivity index (χ0n) is 8.23. The average molecular weight is 171 g/mol. The summed E-state index contributed by atoms with van der Waals surface area (Å²) in [6.45, 7) is 4.60. The molecule has 0 fully saturated rings. The Morgan fingerprint density at radius 3 is 2.09 bits per heavy atom. The molecule has 0 aliphatic heterocycles. The molecule has 11 heavy (non-hydrogen) atoms. The van der Waals surface area contributed by atoms with E-state index in [0.717, 1.165) is 5.54 Å². The van der Waals surface area contributed by atoms with Gasteiger partial charge in [-0.15, -0.1) is 0 Å². The van der Waals surface area contributed by atoms with Crippen LogP contribution in [0.5, 0.6) is 0 Å². The minimum Gasteiger partial charge on any atom is -0.0657 e. The van der Waals surface area contributed by atoms with Crippen LogP contribution in [0.25, 0.3) is 0 Å². The Labute approximate surface area is 75.2 Å². The van der Waals surface area contributed by atoms with Crippen molar-refractivity contribution in [1.29, 1.82) is 0 Å². The molecule has 1 unspecified atom stereocenters. The first-order valence-corrected chi connectivity index (χ1v) is 5.92. The van der Waals surface area contributed by atoms with Gasteiger partial charge in [0.1, 0.15) is 0 Å². The third-order valence-electron chi connectivity index (χ3n) is 2.05. The summed E-state index contributed by atoms with van der Waals surface area (Å²) >= 11 is 0. The number of unbranched alkanes of at least 4 members (excludes halogenated alkanes) is 5. The van der Waals surface area contributed by atoms with Gasteiger partial charge in [0.05, 0.1) is 0 Å². The largest absolute Gasteiger partial charge is 0.0657 e. The fourth-order valence-electron chi connectivity index (χ4n) is 1.27. The van der Waals surface area contributed by atoms with Crippen LogP contribution in [0.2, 0.25) is 5.54 Å². The molecule has 0 aliphatic carbocycles. The summed E-state index contributed by atoms with van der Waals surface area (Å²) in [5.41, 5.74) is 0.932. The maximum absolute atomic E-state index is 2.32. The zero-order chi connectivity index (χ0) is 8.53. The van der Waals surface area contributed by atoms with Crippen LogP contribution in [0.3, 0.4) is 0 Å². The van der Waals surface area contributed by atoms with Crippen molar-refractivity contribution in [2.75, 3.05) is 0 Å². The molecule has 67 valence electrons. The normalized spacial score (nSPS) is 13.4. The molecule has 0 aliphatic rings. The van der Waals surface area contributed by atoms with E-state index in [1.54, 1.807) is 0 Å². The van der Waals surface area contributed by atoms with Crippen LogP contribution in [0.15, 0.2) is 0 Å². The summed E-state index contributed by atoms with van der Waals surface area (Å²) in [6, 6.07) is 0. The molecule has 0 heterocycles. The van der Waals surface area contributed by atoms with Crippen LogP contribution >= 0.6 is 0 Å². The first-order chi connectivity index (χ1) is 5.27. The summed E-state index contributed by atoms with van der Waals surface area (Å²) in [6.07, 6.45) is 10.1. The Hall–Kier alpha value is 0.217. The van der Waals surface area contributed by atoms with Gasteiger partial charge in [0.15, 0.2) is 0 Å². The summed E-state index contributed by atoms with van der Waals surface area (Å²) in [5, 5.41) is 0. The highest BCUT2D eigenvalue weighted by atomic mass is 28.1. The molecular weight excluding hydrogens is 148 g/mol. The lowest BCUT2D eigenvalue weighted by molar-refractivity contribution is 0.585. The summed E-state index contributed by atoms with van der Waals surface area (Å²) < 4.78 is 0. The Morgan fingerprint density at radius 1 is 1.00 bits per heavy atom. The smallest absolute Gasteiger partial charge is 0.0118 e. The fourth-order valence-corrected chi connectivity index (χ4v) is 1.56. The minimum atomic E-state index is 0.932. The van der Waals surface area contributed by atoms with E-state index in [1.165, 1.54) is 44.9 Å². The predicted molar refractivity (Wildman–Crippen MR) is 56.0 cm³/mol. The molecule has 0 rings (SSSR count). The van der Waals surface area contributed by atoms with E-state index in [2.05, 4.69) is 24.1 Å². The highest BCUT2D eigenvalue weighted by molar-refractivity contribution is 6.11. The van der Waals surface area contributed by atoms with E-state index in [1.807, 2.05) is 0 Å². The van der Waals surface area contributed by atoms with E-state index < -0.39 is 0 Å². The Balaban J connectivity index is 2.80. The molecule has 1 heteroatoms. The third kappa shape index (κ3) is 10.2. The molecule has 0 aromatic carbocycles. The number of rotatable bonds is 7. The van der Waals surface area contributed by atoms with Crippen molar-refractivity contribution in [3.05, 3.63) is 0 Å². The molecule has 0 spiro atoms. The minimum absolute atomic E-state index is 0.932. The molecule has 1 radical (unpaired) electrons. The van der Waals surface area contributed by atoms with Gasteiger partial charge in [-0.05, 0) is 0 Å². The van der Waals surface area contributed by atoms with E-state index in [9.17, 15) is 0 Å². The van der Waals surface area contributed by atoms with Gasteiger partial charge in [0.2, 0.25) is 0 Å². The molecule has 0 aromatic rings. The molecule has 0 bridgehead atoms. The van der Waals surface area contributed by atoms with Gasteiger partial charge in [0, 0.05) is 10.2 Å². The molecule has 0 saturated carbocycles. The molecular formula is C10H23Si.